The molecule has 7 nitrogen and oxygen atoms in total. The van der Waals surface area contributed by atoms with Crippen LogP contribution in [0.25, 0.3) is 22.2 Å². The molecule has 1 aromatic carbocycles. The Balaban J connectivity index is 1.53. The number of hydrogen-bond acceptors (Lipinski definition) is 6. The number of sulfonamides is 1. The molecule has 0 atom stereocenters. The van der Waals surface area contributed by atoms with Crippen molar-refractivity contribution in [3.8, 4) is 11.1 Å². The molecule has 0 aliphatic heterocycles. The topological polar surface area (TPSA) is 103 Å². The molecule has 3 aromatic heterocycles. The highest BCUT2D eigenvalue weighted by Crippen LogP contribution is 2.40. The number of hydrogen-bond donors (Lipinski definition) is 2. The van der Waals surface area contributed by atoms with Gasteiger partial charge in [0.05, 0.1) is 14.9 Å². The van der Waals surface area contributed by atoms with Gasteiger partial charge in [0.2, 0.25) is 0 Å². The number of nitrogen functional groups attached to an aromatic ring is 1. The summed E-state index contributed by atoms with van der Waals surface area (Å²) in [5, 5.41) is 0.672. The predicted octanol–water partition coefficient (Wildman–Crippen LogP) is 6.32. The molecule has 4 aromatic rings. The minimum absolute atomic E-state index is 0.0642. The van der Waals surface area contributed by atoms with E-state index in [1.54, 1.807) is 6.07 Å². The van der Waals surface area contributed by atoms with E-state index in [0.29, 0.717) is 31.1 Å². The average Bonchev–Trinajstić information content (AvgIpc) is 3.49. The predicted molar refractivity (Wildman–Crippen MR) is 135 cm³/mol. The molecule has 3 heterocycles. The van der Waals surface area contributed by atoms with Crippen LogP contribution in [0.15, 0.2) is 49.3 Å². The van der Waals surface area contributed by atoms with Crippen LogP contribution in [-0.2, 0) is 10.0 Å². The zero-order valence-corrected chi connectivity index (χ0v) is 21.9. The number of aromatic nitrogens is 3. The van der Waals surface area contributed by atoms with E-state index in [2.05, 4.69) is 51.1 Å². The fourth-order valence-electron chi connectivity index (χ4n) is 4.21. The summed E-state index contributed by atoms with van der Waals surface area (Å²) < 4.78 is 46.2. The van der Waals surface area contributed by atoms with Gasteiger partial charge < -0.3 is 10.3 Å². The molecule has 0 spiro atoms. The monoisotopic (exact) mass is 613 g/mol. The summed E-state index contributed by atoms with van der Waals surface area (Å²) in [6, 6.07) is 6.17. The van der Waals surface area contributed by atoms with Gasteiger partial charge in [0.1, 0.15) is 27.8 Å². The summed E-state index contributed by atoms with van der Waals surface area (Å²) in [7, 11) is -3.94. The van der Waals surface area contributed by atoms with E-state index in [9.17, 15) is 8.42 Å². The molecular formula is C21H18Br2FN5O2S2. The molecule has 1 saturated carbocycles. The van der Waals surface area contributed by atoms with Gasteiger partial charge in [-0.15, -0.1) is 11.3 Å². The first-order chi connectivity index (χ1) is 15.7. The van der Waals surface area contributed by atoms with Crippen LogP contribution in [0, 0.1) is 5.82 Å². The Morgan fingerprint density at radius 3 is 2.61 bits per heavy atom. The molecule has 12 heteroatoms. The van der Waals surface area contributed by atoms with Gasteiger partial charge in [-0.05, 0) is 68.5 Å². The highest BCUT2D eigenvalue weighted by Gasteiger charge is 2.24. The van der Waals surface area contributed by atoms with Crippen molar-refractivity contribution in [3.63, 3.8) is 0 Å². The molecule has 0 radical (unpaired) electrons. The van der Waals surface area contributed by atoms with Crippen LogP contribution in [0.5, 0.6) is 0 Å². The van der Waals surface area contributed by atoms with Crippen molar-refractivity contribution in [2.75, 3.05) is 10.5 Å². The highest BCUT2D eigenvalue weighted by molar-refractivity contribution is 9.13. The molecule has 3 N–H and O–H groups in total. The smallest absolute Gasteiger partial charge is 0.271 e. The van der Waals surface area contributed by atoms with Crippen molar-refractivity contribution >= 4 is 75.8 Å². The number of nitrogens with zero attached hydrogens (tertiary/aromatic N) is 3. The number of anilines is 2. The van der Waals surface area contributed by atoms with E-state index in [1.807, 2.05) is 6.20 Å². The molecule has 5 rings (SSSR count). The van der Waals surface area contributed by atoms with Gasteiger partial charge in [-0.25, -0.2) is 22.8 Å². The lowest BCUT2D eigenvalue weighted by atomic mass is 10.1. The third kappa shape index (κ3) is 4.17. The number of nitrogens with one attached hydrogen (secondary N) is 1. The number of fused-ring (bicyclic) bond motifs is 1. The zero-order valence-electron chi connectivity index (χ0n) is 17.1. The lowest BCUT2D eigenvalue weighted by Gasteiger charge is -2.12. The molecule has 0 saturated heterocycles. The highest BCUT2D eigenvalue weighted by atomic mass is 79.9. The first kappa shape index (κ1) is 22.8. The Kier molecular flexibility index (Phi) is 5.96. The van der Waals surface area contributed by atoms with E-state index in [4.69, 9.17) is 5.73 Å². The average molecular weight is 615 g/mol. The Bertz CT molecular complexity index is 1460. The fraction of sp³-hybridized carbons (Fsp3) is 0.238. The van der Waals surface area contributed by atoms with Crippen molar-refractivity contribution in [1.29, 1.82) is 0 Å². The van der Waals surface area contributed by atoms with Gasteiger partial charge in [-0.2, -0.15) is 0 Å². The van der Waals surface area contributed by atoms with E-state index in [-0.39, 0.29) is 9.90 Å². The number of rotatable bonds is 5. The van der Waals surface area contributed by atoms with E-state index >= 15 is 4.39 Å². The standard InChI is InChI=1S/C21H18Br2FN5O2S2/c22-14-8-17(32-19(14)23)33(30,31)28-16-6-5-11(7-15(16)24)13-9-29(12-3-1-2-4-12)21-18(13)20(25)26-10-27-21/h5-10,12,28H,1-4H2,(H2,25,26,27). The number of nitrogens with two attached hydrogens (primary N) is 1. The Morgan fingerprint density at radius 1 is 1.18 bits per heavy atom. The molecule has 1 fully saturated rings. The summed E-state index contributed by atoms with van der Waals surface area (Å²) >= 11 is 7.58. The molecular weight excluding hydrogens is 597 g/mol. The Hall–Kier alpha value is -2.02. The SMILES string of the molecule is Nc1ncnc2c1c(-c1ccc(NS(=O)(=O)c3cc(Br)c(Br)s3)c(F)c1)cn2C1CCCC1. The van der Waals surface area contributed by atoms with Crippen molar-refractivity contribution in [2.45, 2.75) is 35.9 Å². The second kappa shape index (κ2) is 8.64. The van der Waals surface area contributed by atoms with Crippen molar-refractivity contribution in [1.82, 2.24) is 14.5 Å². The largest absolute Gasteiger partial charge is 0.383 e. The summed E-state index contributed by atoms with van der Waals surface area (Å²) in [6.07, 6.45) is 7.80. The minimum Gasteiger partial charge on any atom is -0.383 e. The maximum Gasteiger partial charge on any atom is 0.271 e. The summed E-state index contributed by atoms with van der Waals surface area (Å²) in [5.41, 5.74) is 8.06. The Labute approximate surface area is 210 Å². The van der Waals surface area contributed by atoms with Crippen LogP contribution in [-0.4, -0.2) is 23.0 Å². The molecule has 0 unspecified atom stereocenters. The second-order valence-corrected chi connectivity index (χ2v) is 13.0. The van der Waals surface area contributed by atoms with Crippen molar-refractivity contribution in [2.24, 2.45) is 0 Å². The first-order valence-corrected chi connectivity index (χ1v) is 14.0. The first-order valence-electron chi connectivity index (χ1n) is 10.1. The van der Waals surface area contributed by atoms with Crippen LogP contribution >= 0.6 is 43.2 Å². The number of thiophene rings is 1. The molecule has 1 aliphatic carbocycles. The molecule has 33 heavy (non-hydrogen) atoms. The van der Waals surface area contributed by atoms with E-state index in [0.717, 1.165) is 48.2 Å². The van der Waals surface area contributed by atoms with Gasteiger partial charge in [-0.1, -0.05) is 18.9 Å². The van der Waals surface area contributed by atoms with Crippen molar-refractivity contribution < 1.29 is 12.8 Å². The van der Waals surface area contributed by atoms with Gasteiger partial charge in [0.15, 0.2) is 0 Å². The van der Waals surface area contributed by atoms with Gasteiger partial charge in [-0.3, -0.25) is 4.72 Å². The zero-order chi connectivity index (χ0) is 23.3. The second-order valence-electron chi connectivity index (χ2n) is 7.83. The van der Waals surface area contributed by atoms with Gasteiger partial charge in [0, 0.05) is 22.3 Å². The van der Waals surface area contributed by atoms with Crippen LogP contribution in [0.2, 0.25) is 0 Å². The molecule has 0 amide bonds. The van der Waals surface area contributed by atoms with Crippen LogP contribution in [0.3, 0.4) is 0 Å². The maximum absolute atomic E-state index is 15.1. The Morgan fingerprint density at radius 2 is 1.94 bits per heavy atom. The fourth-order valence-corrected chi connectivity index (χ4v) is 8.09. The van der Waals surface area contributed by atoms with Crippen LogP contribution in [0.4, 0.5) is 15.9 Å². The quantitative estimate of drug-likeness (QED) is 0.274. The van der Waals surface area contributed by atoms with Gasteiger partial charge >= 0.3 is 0 Å². The normalized spacial score (nSPS) is 14.9. The van der Waals surface area contributed by atoms with Crippen molar-refractivity contribution in [3.05, 3.63) is 50.9 Å². The van der Waals surface area contributed by atoms with E-state index in [1.165, 1.54) is 24.5 Å². The molecule has 172 valence electrons. The van der Waals surface area contributed by atoms with Gasteiger partial charge in [0.25, 0.3) is 10.0 Å². The lowest BCUT2D eigenvalue weighted by molar-refractivity contribution is 0.532. The number of benzene rings is 1. The van der Waals surface area contributed by atoms with Crippen LogP contribution < -0.4 is 10.5 Å². The van der Waals surface area contributed by atoms with E-state index < -0.39 is 15.8 Å². The maximum atomic E-state index is 15.1. The molecule has 1 aliphatic rings. The minimum atomic E-state index is -3.94. The third-order valence-electron chi connectivity index (χ3n) is 5.77. The lowest BCUT2D eigenvalue weighted by Crippen LogP contribution is -2.12. The third-order valence-corrected chi connectivity index (χ3v) is 10.9. The molecule has 0 bridgehead atoms. The number of halogens is 3. The van der Waals surface area contributed by atoms with Crippen LogP contribution in [0.1, 0.15) is 31.7 Å². The summed E-state index contributed by atoms with van der Waals surface area (Å²) in [6.45, 7) is 0. The summed E-state index contributed by atoms with van der Waals surface area (Å²) in [5.74, 6) is -0.367. The summed E-state index contributed by atoms with van der Waals surface area (Å²) in [4.78, 5) is 8.57.